The topological polar surface area (TPSA) is 52.9 Å². The minimum atomic E-state index is -1.41. The number of ether oxygens (including phenoxy) is 1. The van der Waals surface area contributed by atoms with Crippen LogP contribution in [-0.2, 0) is 11.3 Å². The fourth-order valence-electron chi connectivity index (χ4n) is 4.00. The zero-order valence-electron chi connectivity index (χ0n) is 20.9. The lowest BCUT2D eigenvalue weighted by Crippen LogP contribution is -2.23. The summed E-state index contributed by atoms with van der Waals surface area (Å²) in [5, 5.41) is 19.7. The second-order valence-electron chi connectivity index (χ2n) is 8.61. The van der Waals surface area contributed by atoms with Gasteiger partial charge in [0.15, 0.2) is 6.29 Å². The van der Waals surface area contributed by atoms with Crippen LogP contribution in [0.15, 0.2) is 58.6 Å². The van der Waals surface area contributed by atoms with Crippen molar-refractivity contribution in [2.45, 2.75) is 65.7 Å². The van der Waals surface area contributed by atoms with Gasteiger partial charge in [0.2, 0.25) is 0 Å². The maximum atomic E-state index is 8.94. The number of hydrogen-bond acceptors (Lipinski definition) is 6. The summed E-state index contributed by atoms with van der Waals surface area (Å²) in [6, 6.07) is 2.29. The molecule has 0 aromatic carbocycles. The lowest BCUT2D eigenvalue weighted by atomic mass is 10.0. The molecule has 0 bridgehead atoms. The van der Waals surface area contributed by atoms with Crippen molar-refractivity contribution in [3.63, 3.8) is 0 Å². The Bertz CT molecular complexity index is 893. The second kappa shape index (κ2) is 16.3. The Morgan fingerprint density at radius 1 is 1.26 bits per heavy atom. The molecule has 2 N–H and O–H groups in total. The number of aliphatic hydroxyl groups is 2. The summed E-state index contributed by atoms with van der Waals surface area (Å²) in [5.74, 6) is 0. The number of nitrogens with zero attached hydrogens (tertiary/aromatic N) is 1. The number of aliphatic hydroxyl groups excluding tert-OH is 1. The zero-order chi connectivity index (χ0) is 24.8. The molecule has 0 aliphatic carbocycles. The highest BCUT2D eigenvalue weighted by molar-refractivity contribution is 7.83. The van der Waals surface area contributed by atoms with Crippen molar-refractivity contribution in [2.24, 2.45) is 0 Å². The number of likely N-dealkylation sites (tertiary alicyclic amines) is 1. The molecule has 0 atom stereocenters. The third-order valence-corrected chi connectivity index (χ3v) is 7.29. The highest BCUT2D eigenvalue weighted by Gasteiger charge is 2.17. The van der Waals surface area contributed by atoms with Crippen molar-refractivity contribution < 1.29 is 14.9 Å². The third-order valence-electron chi connectivity index (χ3n) is 5.96. The van der Waals surface area contributed by atoms with Crippen LogP contribution in [0.1, 0.15) is 61.3 Å². The fourth-order valence-corrected chi connectivity index (χ4v) is 5.32. The van der Waals surface area contributed by atoms with Crippen LogP contribution in [0.5, 0.6) is 0 Å². The van der Waals surface area contributed by atoms with Gasteiger partial charge in [-0.15, -0.1) is 11.3 Å². The summed E-state index contributed by atoms with van der Waals surface area (Å²) in [5.41, 5.74) is 5.35. The Hall–Kier alpha value is -1.41. The normalized spacial score (nSPS) is 18.9. The fraction of sp³-hybridized carbons (Fsp3) is 0.500. The minimum absolute atomic E-state index is 0.0583. The molecule has 1 saturated heterocycles. The molecule has 0 radical (unpaired) electrons. The predicted octanol–water partition coefficient (Wildman–Crippen LogP) is 6.43. The Morgan fingerprint density at radius 3 is 2.71 bits per heavy atom. The van der Waals surface area contributed by atoms with Crippen LogP contribution in [0.3, 0.4) is 0 Å². The summed E-state index contributed by atoms with van der Waals surface area (Å²) >= 11 is 6.11. The molecule has 4 nitrogen and oxygen atoms in total. The molecule has 1 aromatic rings. The van der Waals surface area contributed by atoms with Gasteiger partial charge in [0.25, 0.3) is 0 Å². The van der Waals surface area contributed by atoms with E-state index in [0.717, 1.165) is 38.9 Å². The number of allylic oxidation sites excluding steroid dienone is 5. The summed E-state index contributed by atoms with van der Waals surface area (Å²) in [4.78, 5) is 5.26. The summed E-state index contributed by atoms with van der Waals surface area (Å²) in [6.07, 6.45) is 17.0. The third kappa shape index (κ3) is 10.5. The molecule has 1 aliphatic heterocycles. The van der Waals surface area contributed by atoms with Gasteiger partial charge in [0, 0.05) is 29.4 Å². The summed E-state index contributed by atoms with van der Waals surface area (Å²) < 4.78 is 5.32. The Labute approximate surface area is 215 Å². The van der Waals surface area contributed by atoms with Crippen LogP contribution in [0.2, 0.25) is 0 Å². The van der Waals surface area contributed by atoms with E-state index in [0.29, 0.717) is 6.61 Å². The van der Waals surface area contributed by atoms with Gasteiger partial charge >= 0.3 is 0 Å². The second-order valence-corrected chi connectivity index (χ2v) is 10.1. The molecular weight excluding hydrogens is 462 g/mol. The lowest BCUT2D eigenvalue weighted by Gasteiger charge is -2.19. The van der Waals surface area contributed by atoms with Crippen molar-refractivity contribution in [1.29, 1.82) is 0 Å². The van der Waals surface area contributed by atoms with E-state index < -0.39 is 6.29 Å². The van der Waals surface area contributed by atoms with E-state index in [-0.39, 0.29) is 6.61 Å². The van der Waals surface area contributed by atoms with Crippen LogP contribution >= 0.6 is 24.0 Å². The Balaban J connectivity index is 1.99. The largest absolute Gasteiger partial charge is 0.372 e. The van der Waals surface area contributed by atoms with Crippen LogP contribution in [0.25, 0.3) is 6.08 Å². The first kappa shape index (κ1) is 28.8. The number of rotatable bonds is 12. The van der Waals surface area contributed by atoms with Crippen LogP contribution < -0.4 is 0 Å². The standard InChI is InChI=1S/C28H41NO3S2/c1-4-6-8-23(14-18-33)9-7-10-26-19-22(3)27(34-26)20-29-15-11-24(5-2)25(12-16-29)13-17-32-21-28(30)31/h5,7,9-10,13-14,18-19,28,30-31,33H,4,6,8,11-12,15-17,20-21H2,1-3H3/b10-7+,18-14-,23-9-,24-5-,25-13-. The van der Waals surface area contributed by atoms with Crippen molar-refractivity contribution >= 4 is 30.0 Å². The number of thiophene rings is 1. The van der Waals surface area contributed by atoms with Gasteiger partial charge in [-0.2, -0.15) is 12.6 Å². The molecule has 188 valence electrons. The van der Waals surface area contributed by atoms with E-state index in [4.69, 9.17) is 14.9 Å². The van der Waals surface area contributed by atoms with Crippen LogP contribution in [0.4, 0.5) is 0 Å². The quantitative estimate of drug-likeness (QED) is 0.133. The van der Waals surface area contributed by atoms with Gasteiger partial charge in [-0.1, -0.05) is 43.7 Å². The highest BCUT2D eigenvalue weighted by Crippen LogP contribution is 2.28. The van der Waals surface area contributed by atoms with E-state index in [9.17, 15) is 0 Å². The zero-order valence-corrected chi connectivity index (χ0v) is 22.6. The van der Waals surface area contributed by atoms with E-state index >= 15 is 0 Å². The molecule has 0 spiro atoms. The van der Waals surface area contributed by atoms with Gasteiger partial charge in [-0.3, -0.25) is 4.90 Å². The van der Waals surface area contributed by atoms with E-state index in [1.54, 1.807) is 0 Å². The molecule has 6 heteroatoms. The van der Waals surface area contributed by atoms with E-state index in [2.05, 4.69) is 80.8 Å². The first-order chi connectivity index (χ1) is 16.5. The molecule has 0 saturated carbocycles. The van der Waals surface area contributed by atoms with Crippen molar-refractivity contribution in [3.8, 4) is 0 Å². The van der Waals surface area contributed by atoms with Crippen LogP contribution in [-0.4, -0.2) is 47.7 Å². The van der Waals surface area contributed by atoms with Crippen molar-refractivity contribution in [2.75, 3.05) is 26.3 Å². The van der Waals surface area contributed by atoms with E-state index in [1.807, 2.05) is 16.7 Å². The van der Waals surface area contributed by atoms with Gasteiger partial charge in [0.1, 0.15) is 0 Å². The van der Waals surface area contributed by atoms with Gasteiger partial charge in [-0.05, 0) is 79.4 Å². The SMILES string of the molecule is C/C=C1/CCN(Cc2sc(/C=C/C=C(\C=C/S)CCCC)cc2C)CC/C1=C/COCC(O)O. The molecule has 0 amide bonds. The van der Waals surface area contributed by atoms with Crippen LogP contribution in [0, 0.1) is 6.92 Å². The van der Waals surface area contributed by atoms with Gasteiger partial charge in [0.05, 0.1) is 13.2 Å². The number of unbranched alkanes of at least 4 members (excludes halogenated alkanes) is 1. The number of hydrogen-bond donors (Lipinski definition) is 3. The number of aryl methyl sites for hydroxylation is 1. The molecular formula is C28H41NO3S2. The Morgan fingerprint density at radius 2 is 2.03 bits per heavy atom. The molecule has 2 rings (SSSR count). The van der Waals surface area contributed by atoms with Gasteiger partial charge in [-0.25, -0.2) is 0 Å². The predicted molar refractivity (Wildman–Crippen MR) is 149 cm³/mol. The minimum Gasteiger partial charge on any atom is -0.372 e. The summed E-state index contributed by atoms with van der Waals surface area (Å²) in [6.45, 7) is 9.88. The van der Waals surface area contributed by atoms with E-state index in [1.165, 1.54) is 44.9 Å². The molecule has 1 fully saturated rings. The molecule has 1 aliphatic rings. The lowest BCUT2D eigenvalue weighted by molar-refractivity contribution is -0.0904. The Kier molecular flexibility index (Phi) is 13.8. The van der Waals surface area contributed by atoms with Crippen molar-refractivity contribution in [1.82, 2.24) is 4.90 Å². The monoisotopic (exact) mass is 503 g/mol. The molecule has 0 unspecified atom stereocenters. The van der Waals surface area contributed by atoms with Crippen molar-refractivity contribution in [3.05, 3.63) is 73.9 Å². The summed E-state index contributed by atoms with van der Waals surface area (Å²) in [7, 11) is 0. The first-order valence-corrected chi connectivity index (χ1v) is 13.6. The van der Waals surface area contributed by atoms with Gasteiger partial charge < -0.3 is 14.9 Å². The molecule has 2 heterocycles. The average molecular weight is 504 g/mol. The smallest absolute Gasteiger partial charge is 0.175 e. The highest BCUT2D eigenvalue weighted by atomic mass is 32.1. The maximum absolute atomic E-state index is 8.94. The first-order valence-electron chi connectivity index (χ1n) is 12.2. The number of thiol groups is 1. The molecule has 34 heavy (non-hydrogen) atoms. The molecule has 1 aromatic heterocycles. The average Bonchev–Trinajstić information content (AvgIpc) is 3.03. The maximum Gasteiger partial charge on any atom is 0.175 e.